The van der Waals surface area contributed by atoms with Crippen LogP contribution < -0.4 is 5.73 Å². The minimum Gasteiger partial charge on any atom is -0.366 e. The van der Waals surface area contributed by atoms with Crippen LogP contribution >= 0.6 is 0 Å². The summed E-state index contributed by atoms with van der Waals surface area (Å²) in [7, 11) is 0. The zero-order valence-electron chi connectivity index (χ0n) is 13.5. The Labute approximate surface area is 135 Å². The number of nitrogens with zero attached hydrogens (tertiary/aromatic N) is 2. The van der Waals surface area contributed by atoms with E-state index in [-0.39, 0.29) is 0 Å². The molecule has 0 spiro atoms. The maximum absolute atomic E-state index is 11.5. The van der Waals surface area contributed by atoms with E-state index < -0.39 is 5.91 Å². The number of carbonyl (C=O) groups excluding carboxylic acids is 1. The van der Waals surface area contributed by atoms with Gasteiger partial charge in [-0.3, -0.25) is 4.79 Å². The second-order valence-corrected chi connectivity index (χ2v) is 5.96. The molecule has 1 aromatic heterocycles. The molecular formula is C19H21N3O. The normalized spacial score (nSPS) is 12.4. The van der Waals surface area contributed by atoms with Crippen molar-refractivity contribution < 1.29 is 4.79 Å². The molecule has 0 fully saturated rings. The van der Waals surface area contributed by atoms with E-state index in [0.29, 0.717) is 17.0 Å². The Morgan fingerprint density at radius 2 is 1.96 bits per heavy atom. The summed E-state index contributed by atoms with van der Waals surface area (Å²) in [5.41, 5.74) is 8.83. The Balaban J connectivity index is 1.97. The van der Waals surface area contributed by atoms with Crippen molar-refractivity contribution in [3.05, 3.63) is 59.8 Å². The molecule has 0 bridgehead atoms. The Hall–Kier alpha value is -2.62. The summed E-state index contributed by atoms with van der Waals surface area (Å²) in [5.74, 6) is 0.108. The second-order valence-electron chi connectivity index (χ2n) is 5.96. The monoisotopic (exact) mass is 307 g/mol. The van der Waals surface area contributed by atoms with Crippen LogP contribution in [-0.4, -0.2) is 15.7 Å². The number of fused-ring (bicyclic) bond motifs is 1. The van der Waals surface area contributed by atoms with Crippen LogP contribution in [0.2, 0.25) is 0 Å². The van der Waals surface area contributed by atoms with Crippen LogP contribution in [0.25, 0.3) is 16.6 Å². The average Bonchev–Trinajstić information content (AvgIpc) is 2.99. The van der Waals surface area contributed by atoms with E-state index in [1.807, 2.05) is 18.3 Å². The van der Waals surface area contributed by atoms with Crippen molar-refractivity contribution in [2.45, 2.75) is 32.6 Å². The first-order valence-electron chi connectivity index (χ1n) is 7.98. The number of primary amides is 1. The molecule has 23 heavy (non-hydrogen) atoms. The molecule has 0 aliphatic carbocycles. The smallest absolute Gasteiger partial charge is 0.250 e. The number of aromatic nitrogens is 2. The number of benzene rings is 2. The lowest BCUT2D eigenvalue weighted by molar-refractivity contribution is 0.100. The minimum atomic E-state index is -0.454. The number of hydrogen-bond acceptors (Lipinski definition) is 2. The van der Waals surface area contributed by atoms with Crippen LogP contribution in [0, 0.1) is 0 Å². The molecule has 3 rings (SSSR count). The Bertz CT molecular complexity index is 833. The Kier molecular flexibility index (Phi) is 4.15. The van der Waals surface area contributed by atoms with Gasteiger partial charge in [0, 0.05) is 11.6 Å². The van der Waals surface area contributed by atoms with E-state index in [2.05, 4.69) is 43.2 Å². The Morgan fingerprint density at radius 1 is 1.22 bits per heavy atom. The molecule has 0 saturated heterocycles. The summed E-state index contributed by atoms with van der Waals surface area (Å²) < 4.78 is 1.80. The molecule has 2 aromatic carbocycles. The summed E-state index contributed by atoms with van der Waals surface area (Å²) in [5, 5.41) is 5.44. The lowest BCUT2D eigenvalue weighted by Gasteiger charge is -2.11. The SMILES string of the molecule is CCC[C@H](C)c1ccc(-n2cc3cccc(C(N)=O)c3n2)cc1. The molecule has 1 heterocycles. The summed E-state index contributed by atoms with van der Waals surface area (Å²) in [4.78, 5) is 11.5. The number of carbonyl (C=O) groups is 1. The van der Waals surface area contributed by atoms with Crippen molar-refractivity contribution in [2.75, 3.05) is 0 Å². The van der Waals surface area contributed by atoms with Gasteiger partial charge in [-0.1, -0.05) is 44.5 Å². The van der Waals surface area contributed by atoms with Crippen molar-refractivity contribution in [3.63, 3.8) is 0 Å². The predicted molar refractivity (Wildman–Crippen MR) is 92.9 cm³/mol. The molecule has 1 atom stereocenters. The lowest BCUT2D eigenvalue weighted by atomic mass is 9.96. The highest BCUT2D eigenvalue weighted by atomic mass is 16.1. The maximum Gasteiger partial charge on any atom is 0.250 e. The lowest BCUT2D eigenvalue weighted by Crippen LogP contribution is -2.11. The quantitative estimate of drug-likeness (QED) is 0.773. The van der Waals surface area contributed by atoms with Gasteiger partial charge in [0.1, 0.15) is 5.52 Å². The third kappa shape index (κ3) is 2.97. The summed E-state index contributed by atoms with van der Waals surface area (Å²) >= 11 is 0. The molecular weight excluding hydrogens is 286 g/mol. The van der Waals surface area contributed by atoms with E-state index in [1.54, 1.807) is 10.7 Å². The van der Waals surface area contributed by atoms with Crippen molar-refractivity contribution in [1.82, 2.24) is 9.78 Å². The van der Waals surface area contributed by atoms with Gasteiger partial charge in [0.2, 0.25) is 0 Å². The van der Waals surface area contributed by atoms with Crippen LogP contribution in [0.5, 0.6) is 0 Å². The van der Waals surface area contributed by atoms with Crippen LogP contribution in [0.1, 0.15) is 48.5 Å². The van der Waals surface area contributed by atoms with Crippen LogP contribution in [0.4, 0.5) is 0 Å². The fraction of sp³-hybridized carbons (Fsp3) is 0.263. The van der Waals surface area contributed by atoms with Crippen LogP contribution in [0.15, 0.2) is 48.7 Å². The van der Waals surface area contributed by atoms with Gasteiger partial charge in [-0.05, 0) is 36.1 Å². The third-order valence-corrected chi connectivity index (χ3v) is 4.25. The fourth-order valence-corrected chi connectivity index (χ4v) is 2.93. The predicted octanol–water partition coefficient (Wildman–Crippen LogP) is 4.03. The van der Waals surface area contributed by atoms with Crippen molar-refractivity contribution in [3.8, 4) is 5.69 Å². The maximum atomic E-state index is 11.5. The molecule has 0 radical (unpaired) electrons. The molecule has 3 aromatic rings. The van der Waals surface area contributed by atoms with Gasteiger partial charge in [0.25, 0.3) is 5.91 Å². The highest BCUT2D eigenvalue weighted by Crippen LogP contribution is 2.23. The average molecular weight is 307 g/mol. The van der Waals surface area contributed by atoms with Gasteiger partial charge in [0.15, 0.2) is 0 Å². The largest absolute Gasteiger partial charge is 0.366 e. The summed E-state index contributed by atoms with van der Waals surface area (Å²) in [6.07, 6.45) is 4.29. The standard InChI is InChI=1S/C19H21N3O/c1-3-5-13(2)14-8-10-16(11-9-14)22-12-15-6-4-7-17(19(20)23)18(15)21-22/h4,6-13H,3,5H2,1-2H3,(H2,20,23)/t13-/m0/s1. The zero-order valence-corrected chi connectivity index (χ0v) is 13.5. The molecule has 2 N–H and O–H groups in total. The van der Waals surface area contributed by atoms with Gasteiger partial charge in [0.05, 0.1) is 11.3 Å². The van der Waals surface area contributed by atoms with Gasteiger partial charge >= 0.3 is 0 Å². The molecule has 4 nitrogen and oxygen atoms in total. The van der Waals surface area contributed by atoms with Crippen molar-refractivity contribution in [2.24, 2.45) is 5.73 Å². The first-order chi connectivity index (χ1) is 11.1. The van der Waals surface area contributed by atoms with E-state index in [4.69, 9.17) is 5.73 Å². The van der Waals surface area contributed by atoms with E-state index in [0.717, 1.165) is 11.1 Å². The number of amides is 1. The van der Waals surface area contributed by atoms with Crippen LogP contribution in [0.3, 0.4) is 0 Å². The highest BCUT2D eigenvalue weighted by molar-refractivity contribution is 6.04. The zero-order chi connectivity index (χ0) is 16.4. The van der Waals surface area contributed by atoms with Gasteiger partial charge < -0.3 is 5.73 Å². The number of rotatable bonds is 5. The first kappa shape index (κ1) is 15.3. The minimum absolute atomic E-state index is 0.453. The van der Waals surface area contributed by atoms with Gasteiger partial charge in [-0.15, -0.1) is 0 Å². The second kappa shape index (κ2) is 6.24. The van der Waals surface area contributed by atoms with E-state index >= 15 is 0 Å². The molecule has 118 valence electrons. The molecule has 4 heteroatoms. The van der Waals surface area contributed by atoms with Crippen LogP contribution in [-0.2, 0) is 0 Å². The van der Waals surface area contributed by atoms with E-state index in [9.17, 15) is 4.79 Å². The van der Waals surface area contributed by atoms with Crippen molar-refractivity contribution >= 4 is 16.8 Å². The number of hydrogen-bond donors (Lipinski definition) is 1. The summed E-state index contributed by atoms with van der Waals surface area (Å²) in [6.45, 7) is 4.45. The summed E-state index contributed by atoms with van der Waals surface area (Å²) in [6, 6.07) is 13.9. The fourth-order valence-electron chi connectivity index (χ4n) is 2.93. The van der Waals surface area contributed by atoms with Gasteiger partial charge in [-0.25, -0.2) is 4.68 Å². The topological polar surface area (TPSA) is 60.9 Å². The first-order valence-corrected chi connectivity index (χ1v) is 7.98. The van der Waals surface area contributed by atoms with E-state index in [1.165, 1.54) is 18.4 Å². The molecule has 0 unspecified atom stereocenters. The van der Waals surface area contributed by atoms with Crippen molar-refractivity contribution in [1.29, 1.82) is 0 Å². The highest BCUT2D eigenvalue weighted by Gasteiger charge is 2.11. The Morgan fingerprint density at radius 3 is 2.61 bits per heavy atom. The third-order valence-electron chi connectivity index (χ3n) is 4.25. The molecule has 1 amide bonds. The molecule has 0 aliphatic rings. The molecule has 0 saturated carbocycles. The van der Waals surface area contributed by atoms with Gasteiger partial charge in [-0.2, -0.15) is 5.10 Å². The molecule has 0 aliphatic heterocycles. The number of nitrogens with two attached hydrogens (primary N) is 1.